The number of nitrogens with zero attached hydrogens (tertiary/aromatic N) is 5. The molecule has 4 aromatic rings. The Hall–Kier alpha value is -3.30. The van der Waals surface area contributed by atoms with Crippen molar-refractivity contribution < 1.29 is 9.13 Å². The predicted molar refractivity (Wildman–Crippen MR) is 115 cm³/mol. The van der Waals surface area contributed by atoms with Gasteiger partial charge in [0, 0.05) is 31.3 Å². The number of aromatic amines is 1. The van der Waals surface area contributed by atoms with Crippen LogP contribution in [0.2, 0.25) is 0 Å². The van der Waals surface area contributed by atoms with E-state index in [4.69, 9.17) is 14.7 Å². The summed E-state index contributed by atoms with van der Waals surface area (Å²) in [7, 11) is 0. The minimum absolute atomic E-state index is 0.0642. The van der Waals surface area contributed by atoms with E-state index in [1.165, 1.54) is 12.1 Å². The molecule has 1 unspecified atom stereocenters. The number of hydrogen-bond donors (Lipinski definition) is 2. The Bertz CT molecular complexity index is 1120. The fraction of sp³-hybridized carbons (Fsp3) is 0.318. The maximum Gasteiger partial charge on any atom is 0.216 e. The van der Waals surface area contributed by atoms with Crippen molar-refractivity contribution in [1.82, 2.24) is 29.5 Å². The minimum atomic E-state index is -0.250. The predicted octanol–water partition coefficient (Wildman–Crippen LogP) is 3.19. The first-order valence-corrected chi connectivity index (χ1v) is 10.4. The van der Waals surface area contributed by atoms with Gasteiger partial charge in [0.15, 0.2) is 0 Å². The molecule has 1 aromatic carbocycles. The molecule has 5 rings (SSSR count). The zero-order chi connectivity index (χ0) is 21.0. The molecule has 0 amide bonds. The van der Waals surface area contributed by atoms with Crippen LogP contribution >= 0.6 is 0 Å². The first kappa shape index (κ1) is 19.7. The summed E-state index contributed by atoms with van der Waals surface area (Å²) in [4.78, 5) is 12.1. The van der Waals surface area contributed by atoms with Gasteiger partial charge in [-0.3, -0.25) is 14.4 Å². The van der Waals surface area contributed by atoms with Crippen molar-refractivity contribution in [3.63, 3.8) is 0 Å². The molecule has 2 N–H and O–H groups in total. The van der Waals surface area contributed by atoms with Gasteiger partial charge in [-0.1, -0.05) is 12.1 Å². The zero-order valence-corrected chi connectivity index (χ0v) is 17.0. The Kier molecular flexibility index (Phi) is 5.59. The van der Waals surface area contributed by atoms with Crippen LogP contribution in [-0.2, 0) is 4.74 Å². The van der Waals surface area contributed by atoms with E-state index >= 15 is 0 Å². The molecule has 1 fully saturated rings. The van der Waals surface area contributed by atoms with Crippen molar-refractivity contribution >= 4 is 17.4 Å². The summed E-state index contributed by atoms with van der Waals surface area (Å²) < 4.78 is 21.0. The molecule has 8 nitrogen and oxygen atoms in total. The van der Waals surface area contributed by atoms with Crippen molar-refractivity contribution in [2.45, 2.75) is 12.3 Å². The fourth-order valence-electron chi connectivity index (χ4n) is 3.91. The number of fused-ring (bicyclic) bond motifs is 1. The quantitative estimate of drug-likeness (QED) is 0.477. The molecule has 0 radical (unpaired) electrons. The van der Waals surface area contributed by atoms with E-state index in [1.807, 2.05) is 40.9 Å². The molecule has 1 atom stereocenters. The van der Waals surface area contributed by atoms with Crippen LogP contribution in [0.5, 0.6) is 0 Å². The highest BCUT2D eigenvalue weighted by molar-refractivity contribution is 5.53. The van der Waals surface area contributed by atoms with Crippen molar-refractivity contribution in [2.75, 3.05) is 38.2 Å². The second-order valence-corrected chi connectivity index (χ2v) is 7.58. The number of hydrogen-bond acceptors (Lipinski definition) is 6. The number of aromatic nitrogens is 5. The highest BCUT2D eigenvalue weighted by Crippen LogP contribution is 2.28. The summed E-state index contributed by atoms with van der Waals surface area (Å²) in [6.45, 7) is 4.24. The summed E-state index contributed by atoms with van der Waals surface area (Å²) in [5.41, 5.74) is 1.79. The van der Waals surface area contributed by atoms with E-state index in [0.29, 0.717) is 11.8 Å². The standard InChI is InChI=1S/C22H24FN7O/c23-17-5-3-16(4-6-17)18(8-11-29-12-14-31-15-13-29)21-26-20-2-1-10-30(20)22(27-21)25-19-7-9-24-28-19/h1-7,9-10,18H,8,11-15H2,(H2,24,25,26,27,28). The Balaban J connectivity index is 1.50. The van der Waals surface area contributed by atoms with Crippen molar-refractivity contribution in [3.05, 3.63) is 72.1 Å². The first-order valence-electron chi connectivity index (χ1n) is 10.4. The lowest BCUT2D eigenvalue weighted by atomic mass is 9.94. The van der Waals surface area contributed by atoms with Gasteiger partial charge in [0.05, 0.1) is 19.4 Å². The largest absolute Gasteiger partial charge is 0.379 e. The highest BCUT2D eigenvalue weighted by Gasteiger charge is 2.22. The molecule has 0 spiro atoms. The Morgan fingerprint density at radius 3 is 2.71 bits per heavy atom. The third-order valence-electron chi connectivity index (χ3n) is 5.57. The molecule has 31 heavy (non-hydrogen) atoms. The highest BCUT2D eigenvalue weighted by atomic mass is 19.1. The van der Waals surface area contributed by atoms with Gasteiger partial charge in [0.1, 0.15) is 23.1 Å². The van der Waals surface area contributed by atoms with Gasteiger partial charge < -0.3 is 10.1 Å². The number of morpholine rings is 1. The summed E-state index contributed by atoms with van der Waals surface area (Å²) in [5.74, 6) is 1.78. The van der Waals surface area contributed by atoms with Crippen LogP contribution < -0.4 is 5.32 Å². The van der Waals surface area contributed by atoms with Crippen LogP contribution in [0.1, 0.15) is 23.7 Å². The maximum absolute atomic E-state index is 13.6. The molecule has 1 aliphatic heterocycles. The molecule has 0 aliphatic carbocycles. The molecule has 160 valence electrons. The Morgan fingerprint density at radius 2 is 1.94 bits per heavy atom. The number of nitrogens with one attached hydrogen (secondary N) is 2. The van der Waals surface area contributed by atoms with E-state index in [9.17, 15) is 4.39 Å². The van der Waals surface area contributed by atoms with Gasteiger partial charge >= 0.3 is 0 Å². The van der Waals surface area contributed by atoms with Gasteiger partial charge in [0.25, 0.3) is 0 Å². The number of benzene rings is 1. The van der Waals surface area contributed by atoms with Crippen LogP contribution in [0, 0.1) is 5.82 Å². The topological polar surface area (TPSA) is 83.4 Å². The van der Waals surface area contributed by atoms with E-state index in [0.717, 1.165) is 56.3 Å². The van der Waals surface area contributed by atoms with E-state index in [1.54, 1.807) is 6.20 Å². The van der Waals surface area contributed by atoms with Gasteiger partial charge in [-0.2, -0.15) is 10.1 Å². The maximum atomic E-state index is 13.6. The second-order valence-electron chi connectivity index (χ2n) is 7.58. The lowest BCUT2D eigenvalue weighted by Gasteiger charge is -2.28. The number of halogens is 1. The lowest BCUT2D eigenvalue weighted by molar-refractivity contribution is 0.0369. The Labute approximate surface area is 179 Å². The average Bonchev–Trinajstić information content (AvgIpc) is 3.48. The number of H-pyrrole nitrogens is 1. The van der Waals surface area contributed by atoms with Crippen molar-refractivity contribution in [1.29, 1.82) is 0 Å². The fourth-order valence-corrected chi connectivity index (χ4v) is 3.91. The molecule has 9 heteroatoms. The molecule has 4 heterocycles. The van der Waals surface area contributed by atoms with Crippen LogP contribution in [0.25, 0.3) is 5.65 Å². The average molecular weight is 421 g/mol. The molecule has 3 aromatic heterocycles. The molecule has 0 bridgehead atoms. The van der Waals surface area contributed by atoms with Crippen LogP contribution in [0.3, 0.4) is 0 Å². The smallest absolute Gasteiger partial charge is 0.216 e. The summed E-state index contributed by atoms with van der Waals surface area (Å²) in [6.07, 6.45) is 4.42. The number of anilines is 2. The monoisotopic (exact) mass is 421 g/mol. The van der Waals surface area contributed by atoms with Gasteiger partial charge in [-0.25, -0.2) is 9.37 Å². The second kappa shape index (κ2) is 8.83. The Morgan fingerprint density at radius 1 is 1.10 bits per heavy atom. The third-order valence-corrected chi connectivity index (χ3v) is 5.57. The molecule has 1 saturated heterocycles. The molecule has 0 saturated carbocycles. The van der Waals surface area contributed by atoms with Gasteiger partial charge in [-0.15, -0.1) is 0 Å². The van der Waals surface area contributed by atoms with Crippen molar-refractivity contribution in [2.24, 2.45) is 0 Å². The molecular formula is C22H24FN7O. The van der Waals surface area contributed by atoms with Gasteiger partial charge in [-0.05, 0) is 42.8 Å². The van der Waals surface area contributed by atoms with E-state index in [-0.39, 0.29) is 11.7 Å². The van der Waals surface area contributed by atoms with Gasteiger partial charge in [0.2, 0.25) is 5.95 Å². The number of rotatable bonds is 7. The normalized spacial score (nSPS) is 15.9. The lowest BCUT2D eigenvalue weighted by Crippen LogP contribution is -2.37. The van der Waals surface area contributed by atoms with Crippen LogP contribution in [-0.4, -0.2) is 62.3 Å². The van der Waals surface area contributed by atoms with E-state index < -0.39 is 0 Å². The minimum Gasteiger partial charge on any atom is -0.379 e. The van der Waals surface area contributed by atoms with Crippen LogP contribution in [0.4, 0.5) is 16.2 Å². The first-order chi connectivity index (χ1) is 15.3. The molecular weight excluding hydrogens is 397 g/mol. The zero-order valence-electron chi connectivity index (χ0n) is 17.0. The van der Waals surface area contributed by atoms with E-state index in [2.05, 4.69) is 20.4 Å². The summed E-state index contributed by atoms with van der Waals surface area (Å²) >= 11 is 0. The van der Waals surface area contributed by atoms with Crippen LogP contribution in [0.15, 0.2) is 54.9 Å². The third kappa shape index (κ3) is 4.42. The van der Waals surface area contributed by atoms with Crippen molar-refractivity contribution in [3.8, 4) is 0 Å². The SMILES string of the molecule is Fc1ccc(C(CCN2CCOCC2)c2nc(Nc3ccn[nH]3)n3cccc3n2)cc1. The summed E-state index contributed by atoms with van der Waals surface area (Å²) in [6, 6.07) is 12.4. The number of ether oxygens (including phenoxy) is 1. The summed E-state index contributed by atoms with van der Waals surface area (Å²) in [5, 5.41) is 10.2. The molecule has 1 aliphatic rings.